The van der Waals surface area contributed by atoms with Crippen molar-refractivity contribution in [3.8, 4) is 28.0 Å². The standard InChI is InChI=1S/C29H22ClFN2O6/c1-39-29(36)26(13-17-5-7-18(8-6-17)21-9-11-25(31)24(30)16-21)32-28(35)23-15-20(10-12-27(23)34)19-3-2-4-22(14-19)33(37)38/h2-12,14-16,26,34H,13H2,1H3,(H,32,35)/t26-/m0/s1. The lowest BCUT2D eigenvalue weighted by Gasteiger charge is -2.18. The summed E-state index contributed by atoms with van der Waals surface area (Å²) in [5, 5.41) is 24.1. The van der Waals surface area contributed by atoms with Gasteiger partial charge in [0, 0.05) is 18.6 Å². The first-order valence-electron chi connectivity index (χ1n) is 11.7. The Morgan fingerprint density at radius 1 is 0.974 bits per heavy atom. The highest BCUT2D eigenvalue weighted by atomic mass is 35.5. The van der Waals surface area contributed by atoms with Gasteiger partial charge in [-0.25, -0.2) is 9.18 Å². The number of benzene rings is 4. The Labute approximate surface area is 227 Å². The molecule has 8 nitrogen and oxygen atoms in total. The number of rotatable bonds is 8. The molecule has 0 spiro atoms. The van der Waals surface area contributed by atoms with Crippen LogP contribution >= 0.6 is 11.6 Å². The molecule has 1 amide bonds. The lowest BCUT2D eigenvalue weighted by molar-refractivity contribution is -0.384. The number of nitrogens with one attached hydrogen (secondary N) is 1. The van der Waals surface area contributed by atoms with Gasteiger partial charge in [-0.05, 0) is 52.1 Å². The number of ether oxygens (including phenoxy) is 1. The Morgan fingerprint density at radius 2 is 1.62 bits per heavy atom. The van der Waals surface area contributed by atoms with Gasteiger partial charge in [-0.1, -0.05) is 60.1 Å². The van der Waals surface area contributed by atoms with Crippen LogP contribution in [0.25, 0.3) is 22.3 Å². The lowest BCUT2D eigenvalue weighted by Crippen LogP contribution is -2.43. The largest absolute Gasteiger partial charge is 0.507 e. The summed E-state index contributed by atoms with van der Waals surface area (Å²) < 4.78 is 18.4. The van der Waals surface area contributed by atoms with Crippen molar-refractivity contribution in [2.24, 2.45) is 0 Å². The number of carbonyl (C=O) groups is 2. The number of esters is 1. The van der Waals surface area contributed by atoms with Gasteiger partial charge in [0.25, 0.3) is 11.6 Å². The van der Waals surface area contributed by atoms with Gasteiger partial charge in [-0.2, -0.15) is 0 Å². The lowest BCUT2D eigenvalue weighted by atomic mass is 9.99. The molecule has 0 aromatic heterocycles. The van der Waals surface area contributed by atoms with Gasteiger partial charge < -0.3 is 15.2 Å². The number of halogens is 2. The van der Waals surface area contributed by atoms with Crippen LogP contribution in [0.2, 0.25) is 5.02 Å². The van der Waals surface area contributed by atoms with Crippen molar-refractivity contribution in [1.82, 2.24) is 5.32 Å². The van der Waals surface area contributed by atoms with E-state index < -0.39 is 28.7 Å². The topological polar surface area (TPSA) is 119 Å². The number of phenols is 1. The minimum atomic E-state index is -1.07. The number of hydrogen-bond donors (Lipinski definition) is 2. The van der Waals surface area contributed by atoms with E-state index in [0.717, 1.165) is 5.56 Å². The van der Waals surface area contributed by atoms with Crippen LogP contribution in [0, 0.1) is 15.9 Å². The highest BCUT2D eigenvalue weighted by Gasteiger charge is 2.24. The molecule has 0 aliphatic carbocycles. The average Bonchev–Trinajstić information content (AvgIpc) is 2.94. The first-order valence-corrected chi connectivity index (χ1v) is 12.0. The monoisotopic (exact) mass is 548 g/mol. The molecule has 4 aromatic carbocycles. The molecule has 0 radical (unpaired) electrons. The smallest absolute Gasteiger partial charge is 0.328 e. The minimum absolute atomic E-state index is 0.00264. The maximum Gasteiger partial charge on any atom is 0.328 e. The zero-order valence-corrected chi connectivity index (χ0v) is 21.3. The van der Waals surface area contributed by atoms with Crippen LogP contribution in [0.4, 0.5) is 10.1 Å². The number of aromatic hydroxyl groups is 1. The third-order valence-electron chi connectivity index (χ3n) is 6.07. The van der Waals surface area contributed by atoms with E-state index in [2.05, 4.69) is 5.32 Å². The van der Waals surface area contributed by atoms with Crippen LogP contribution in [0.3, 0.4) is 0 Å². The molecule has 0 saturated heterocycles. The van der Waals surface area contributed by atoms with Crippen LogP contribution in [0.15, 0.2) is 84.9 Å². The molecule has 0 fully saturated rings. The van der Waals surface area contributed by atoms with Gasteiger partial charge in [-0.3, -0.25) is 14.9 Å². The summed E-state index contributed by atoms with van der Waals surface area (Å²) in [5.41, 5.74) is 2.91. The fourth-order valence-corrected chi connectivity index (χ4v) is 4.19. The normalized spacial score (nSPS) is 11.5. The molecule has 39 heavy (non-hydrogen) atoms. The molecule has 10 heteroatoms. The number of amides is 1. The maximum absolute atomic E-state index is 13.5. The number of nitro benzene ring substituents is 1. The first-order chi connectivity index (χ1) is 18.7. The average molecular weight is 549 g/mol. The molecule has 0 aliphatic heterocycles. The van der Waals surface area contributed by atoms with Gasteiger partial charge in [0.05, 0.1) is 22.6 Å². The zero-order chi connectivity index (χ0) is 28.1. The third-order valence-corrected chi connectivity index (χ3v) is 6.36. The number of nitro groups is 1. The van der Waals surface area contributed by atoms with Crippen LogP contribution in [0.1, 0.15) is 15.9 Å². The molecule has 4 aromatic rings. The number of methoxy groups -OCH3 is 1. The van der Waals surface area contributed by atoms with Crippen molar-refractivity contribution in [1.29, 1.82) is 0 Å². The zero-order valence-electron chi connectivity index (χ0n) is 20.6. The number of carbonyl (C=O) groups excluding carboxylic acids is 2. The molecule has 1 atom stereocenters. The molecule has 2 N–H and O–H groups in total. The Balaban J connectivity index is 1.54. The van der Waals surface area contributed by atoms with Crippen LogP contribution in [0.5, 0.6) is 5.75 Å². The van der Waals surface area contributed by atoms with Crippen molar-refractivity contribution >= 4 is 29.2 Å². The van der Waals surface area contributed by atoms with E-state index in [1.165, 1.54) is 55.6 Å². The summed E-state index contributed by atoms with van der Waals surface area (Å²) in [4.78, 5) is 36.2. The summed E-state index contributed by atoms with van der Waals surface area (Å²) in [6, 6.07) is 20.5. The highest BCUT2D eigenvalue weighted by Crippen LogP contribution is 2.29. The van der Waals surface area contributed by atoms with E-state index in [1.807, 2.05) is 0 Å². The van der Waals surface area contributed by atoms with Crippen LogP contribution < -0.4 is 5.32 Å². The molecule has 0 bridgehead atoms. The fourth-order valence-electron chi connectivity index (χ4n) is 4.01. The third kappa shape index (κ3) is 6.39. The molecular weight excluding hydrogens is 527 g/mol. The van der Waals surface area contributed by atoms with Crippen molar-refractivity contribution in [2.45, 2.75) is 12.5 Å². The fraction of sp³-hybridized carbons (Fsp3) is 0.103. The highest BCUT2D eigenvalue weighted by molar-refractivity contribution is 6.31. The number of non-ortho nitro benzene ring substituents is 1. The van der Waals surface area contributed by atoms with E-state index >= 15 is 0 Å². The Hall–Kier alpha value is -4.76. The Bertz CT molecular complexity index is 1560. The molecule has 0 saturated carbocycles. The molecule has 0 unspecified atom stereocenters. The summed E-state index contributed by atoms with van der Waals surface area (Å²) in [5.74, 6) is -2.26. The maximum atomic E-state index is 13.5. The second kappa shape index (κ2) is 11.7. The van der Waals surface area contributed by atoms with Gasteiger partial charge in [0.15, 0.2) is 0 Å². The van der Waals surface area contributed by atoms with Gasteiger partial charge in [0.1, 0.15) is 17.6 Å². The van der Waals surface area contributed by atoms with Gasteiger partial charge in [0.2, 0.25) is 0 Å². The van der Waals surface area contributed by atoms with Crippen molar-refractivity contribution in [3.05, 3.63) is 117 Å². The summed E-state index contributed by atoms with van der Waals surface area (Å²) in [6.45, 7) is 0. The summed E-state index contributed by atoms with van der Waals surface area (Å²) >= 11 is 5.88. The van der Waals surface area contributed by atoms with Crippen molar-refractivity contribution in [2.75, 3.05) is 7.11 Å². The van der Waals surface area contributed by atoms with Crippen molar-refractivity contribution < 1.29 is 28.7 Å². The van der Waals surface area contributed by atoms with E-state index in [1.54, 1.807) is 36.4 Å². The second-order valence-electron chi connectivity index (χ2n) is 8.62. The predicted molar refractivity (Wildman–Crippen MR) is 144 cm³/mol. The van der Waals surface area contributed by atoms with E-state index in [4.69, 9.17) is 16.3 Å². The minimum Gasteiger partial charge on any atom is -0.507 e. The van der Waals surface area contributed by atoms with Gasteiger partial charge >= 0.3 is 5.97 Å². The molecular formula is C29H22ClFN2O6. The molecule has 0 aliphatic rings. The predicted octanol–water partition coefficient (Wildman–Crippen LogP) is 5.94. The van der Waals surface area contributed by atoms with E-state index in [0.29, 0.717) is 22.3 Å². The SMILES string of the molecule is COC(=O)[C@H](Cc1ccc(-c2ccc(F)c(Cl)c2)cc1)NC(=O)c1cc(-c2cccc([N+](=O)[O-])c2)ccc1O. The molecule has 0 heterocycles. The van der Waals surface area contributed by atoms with Gasteiger partial charge in [-0.15, -0.1) is 0 Å². The molecule has 4 rings (SSSR count). The van der Waals surface area contributed by atoms with E-state index in [-0.39, 0.29) is 28.4 Å². The molecule has 198 valence electrons. The van der Waals surface area contributed by atoms with Crippen molar-refractivity contribution in [3.63, 3.8) is 0 Å². The van der Waals surface area contributed by atoms with E-state index in [9.17, 15) is 29.2 Å². The quantitative estimate of drug-likeness (QED) is 0.160. The van der Waals surface area contributed by atoms with Crippen LogP contribution in [-0.4, -0.2) is 35.1 Å². The Morgan fingerprint density at radius 3 is 2.28 bits per heavy atom. The Kier molecular flexibility index (Phi) is 8.21. The number of phenolic OH excluding ortho intramolecular Hbond substituents is 1. The summed E-state index contributed by atoms with van der Waals surface area (Å²) in [7, 11) is 1.20. The number of hydrogen-bond acceptors (Lipinski definition) is 6. The first kappa shape index (κ1) is 27.3. The summed E-state index contributed by atoms with van der Waals surface area (Å²) in [6.07, 6.45) is 0.0915. The van der Waals surface area contributed by atoms with Crippen LogP contribution in [-0.2, 0) is 16.0 Å². The number of nitrogens with zero attached hydrogens (tertiary/aromatic N) is 1. The second-order valence-corrected chi connectivity index (χ2v) is 9.03.